The van der Waals surface area contributed by atoms with Crippen molar-refractivity contribution in [2.24, 2.45) is 0 Å². The molecule has 20 heavy (non-hydrogen) atoms. The molecule has 0 amide bonds. The van der Waals surface area contributed by atoms with Crippen LogP contribution in [-0.2, 0) is 6.54 Å². The molecular weight excluding hydrogens is 264 g/mol. The van der Waals surface area contributed by atoms with E-state index in [0.29, 0.717) is 6.54 Å². The first-order valence-electron chi connectivity index (χ1n) is 5.73. The molecular formula is C13H12N2O5. The van der Waals surface area contributed by atoms with E-state index in [4.69, 9.17) is 9.52 Å². The number of carboxylic acid groups (broad SMARTS) is 1. The van der Waals surface area contributed by atoms with Gasteiger partial charge in [-0.1, -0.05) is 0 Å². The Hall–Kier alpha value is -2.83. The first-order valence-corrected chi connectivity index (χ1v) is 5.73. The highest BCUT2D eigenvalue weighted by molar-refractivity contribution is 5.95. The molecule has 0 aliphatic heterocycles. The van der Waals surface area contributed by atoms with Gasteiger partial charge in [-0.3, -0.25) is 10.1 Å². The minimum absolute atomic E-state index is 0.0154. The first-order chi connectivity index (χ1) is 9.49. The van der Waals surface area contributed by atoms with Gasteiger partial charge in [0.15, 0.2) is 0 Å². The maximum Gasteiger partial charge on any atom is 0.337 e. The summed E-state index contributed by atoms with van der Waals surface area (Å²) in [6, 6.07) is 5.41. The van der Waals surface area contributed by atoms with Crippen LogP contribution in [0.3, 0.4) is 0 Å². The number of hydrogen-bond acceptors (Lipinski definition) is 5. The van der Waals surface area contributed by atoms with Crippen molar-refractivity contribution in [3.8, 4) is 0 Å². The summed E-state index contributed by atoms with van der Waals surface area (Å²) < 4.78 is 4.94. The first kappa shape index (κ1) is 13.6. The number of nitro groups is 1. The molecule has 1 heterocycles. The van der Waals surface area contributed by atoms with E-state index in [1.54, 1.807) is 18.0 Å². The standard InChI is InChI=1S/C13H12N2O5/c1-14(7-9-4-5-20-8-9)12-6-10(15(18)19)2-3-11(12)13(16)17/h2-6,8H,7H2,1H3,(H,16,17). The Morgan fingerprint density at radius 1 is 1.45 bits per heavy atom. The van der Waals surface area contributed by atoms with E-state index < -0.39 is 10.9 Å². The number of anilines is 1. The van der Waals surface area contributed by atoms with Gasteiger partial charge >= 0.3 is 5.97 Å². The summed E-state index contributed by atoms with van der Waals surface area (Å²) in [5.74, 6) is -1.13. The lowest BCUT2D eigenvalue weighted by atomic mass is 10.1. The number of rotatable bonds is 5. The molecule has 2 aromatic rings. The molecule has 1 aromatic carbocycles. The second-order valence-corrected chi connectivity index (χ2v) is 4.25. The number of hydrogen-bond donors (Lipinski definition) is 1. The van der Waals surface area contributed by atoms with Crippen LogP contribution in [0.5, 0.6) is 0 Å². The number of carboxylic acids is 1. The van der Waals surface area contributed by atoms with E-state index in [1.165, 1.54) is 30.7 Å². The third kappa shape index (κ3) is 2.77. The minimum Gasteiger partial charge on any atom is -0.478 e. The fourth-order valence-electron chi connectivity index (χ4n) is 1.87. The number of nitro benzene ring substituents is 1. The Morgan fingerprint density at radius 2 is 2.20 bits per heavy atom. The van der Waals surface area contributed by atoms with Crippen LogP contribution in [-0.4, -0.2) is 23.0 Å². The van der Waals surface area contributed by atoms with Gasteiger partial charge in [-0.2, -0.15) is 0 Å². The molecule has 0 atom stereocenters. The summed E-state index contributed by atoms with van der Waals surface area (Å²) in [5.41, 5.74) is 0.994. The van der Waals surface area contributed by atoms with Gasteiger partial charge in [-0.15, -0.1) is 0 Å². The molecule has 0 spiro atoms. The van der Waals surface area contributed by atoms with E-state index in [1.807, 2.05) is 0 Å². The van der Waals surface area contributed by atoms with Crippen LogP contribution in [0.1, 0.15) is 15.9 Å². The Balaban J connectivity index is 2.38. The van der Waals surface area contributed by atoms with Gasteiger partial charge in [0.25, 0.3) is 5.69 Å². The van der Waals surface area contributed by atoms with Crippen LogP contribution >= 0.6 is 0 Å². The number of non-ortho nitro benzene ring substituents is 1. The monoisotopic (exact) mass is 276 g/mol. The molecule has 0 saturated carbocycles. The zero-order valence-electron chi connectivity index (χ0n) is 10.6. The van der Waals surface area contributed by atoms with E-state index >= 15 is 0 Å². The van der Waals surface area contributed by atoms with Crippen LogP contribution in [0.2, 0.25) is 0 Å². The number of nitrogens with zero attached hydrogens (tertiary/aromatic N) is 2. The van der Waals surface area contributed by atoms with Gasteiger partial charge in [-0.25, -0.2) is 4.79 Å². The Morgan fingerprint density at radius 3 is 2.75 bits per heavy atom. The summed E-state index contributed by atoms with van der Waals surface area (Å²) in [6.45, 7) is 0.387. The highest BCUT2D eigenvalue weighted by Gasteiger charge is 2.18. The Bertz CT molecular complexity index is 636. The van der Waals surface area contributed by atoms with Crippen molar-refractivity contribution in [1.29, 1.82) is 0 Å². The SMILES string of the molecule is CN(Cc1ccoc1)c1cc([N+](=O)[O-])ccc1C(=O)O. The van der Waals surface area contributed by atoms with Crippen molar-refractivity contribution in [3.05, 3.63) is 58.0 Å². The summed E-state index contributed by atoms with van der Waals surface area (Å²) >= 11 is 0. The Labute approximate surface area is 114 Å². The predicted octanol–water partition coefficient (Wildman–Crippen LogP) is 2.52. The average Bonchev–Trinajstić information content (AvgIpc) is 2.90. The van der Waals surface area contributed by atoms with E-state index in [9.17, 15) is 14.9 Å². The molecule has 1 aromatic heterocycles. The van der Waals surface area contributed by atoms with Crippen molar-refractivity contribution < 1.29 is 19.2 Å². The smallest absolute Gasteiger partial charge is 0.337 e. The second-order valence-electron chi connectivity index (χ2n) is 4.25. The third-order valence-electron chi connectivity index (χ3n) is 2.83. The highest BCUT2D eigenvalue weighted by atomic mass is 16.6. The summed E-state index contributed by atoms with van der Waals surface area (Å²) in [7, 11) is 1.67. The molecule has 7 heteroatoms. The molecule has 2 rings (SSSR count). The van der Waals surface area contributed by atoms with Crippen molar-refractivity contribution >= 4 is 17.3 Å². The third-order valence-corrected chi connectivity index (χ3v) is 2.83. The largest absolute Gasteiger partial charge is 0.478 e. The molecule has 104 valence electrons. The second kappa shape index (κ2) is 5.43. The average molecular weight is 276 g/mol. The fourth-order valence-corrected chi connectivity index (χ4v) is 1.87. The van der Waals surface area contributed by atoms with Gasteiger partial charge < -0.3 is 14.4 Å². The number of aromatic carboxylic acids is 1. The number of benzene rings is 1. The topological polar surface area (TPSA) is 96.8 Å². The number of carbonyl (C=O) groups is 1. The van der Waals surface area contributed by atoms with E-state index in [0.717, 1.165) is 5.56 Å². The normalized spacial score (nSPS) is 10.2. The highest BCUT2D eigenvalue weighted by Crippen LogP contribution is 2.26. The van der Waals surface area contributed by atoms with Crippen LogP contribution < -0.4 is 4.90 Å². The minimum atomic E-state index is -1.13. The molecule has 1 N–H and O–H groups in total. The van der Waals surface area contributed by atoms with Gasteiger partial charge in [0.05, 0.1) is 28.7 Å². The maximum absolute atomic E-state index is 11.2. The zero-order valence-corrected chi connectivity index (χ0v) is 10.6. The lowest BCUT2D eigenvalue weighted by molar-refractivity contribution is -0.384. The summed E-state index contributed by atoms with van der Waals surface area (Å²) in [5, 5.41) is 20.0. The van der Waals surface area contributed by atoms with E-state index in [-0.39, 0.29) is 16.9 Å². The maximum atomic E-state index is 11.2. The molecule has 0 bridgehead atoms. The van der Waals surface area contributed by atoms with Gasteiger partial charge in [-0.05, 0) is 12.1 Å². The van der Waals surface area contributed by atoms with Crippen LogP contribution in [0.15, 0.2) is 41.2 Å². The molecule has 0 aliphatic carbocycles. The van der Waals surface area contributed by atoms with Crippen LogP contribution in [0.25, 0.3) is 0 Å². The quantitative estimate of drug-likeness (QED) is 0.665. The van der Waals surface area contributed by atoms with Gasteiger partial charge in [0.1, 0.15) is 0 Å². The predicted molar refractivity (Wildman–Crippen MR) is 70.9 cm³/mol. The lowest BCUT2D eigenvalue weighted by Crippen LogP contribution is -2.19. The van der Waals surface area contributed by atoms with E-state index in [2.05, 4.69) is 0 Å². The van der Waals surface area contributed by atoms with Crippen molar-refractivity contribution in [2.75, 3.05) is 11.9 Å². The van der Waals surface area contributed by atoms with Crippen molar-refractivity contribution in [3.63, 3.8) is 0 Å². The van der Waals surface area contributed by atoms with Gasteiger partial charge in [0.2, 0.25) is 0 Å². The molecule has 0 radical (unpaired) electrons. The molecule has 0 saturated heterocycles. The van der Waals surface area contributed by atoms with Crippen molar-refractivity contribution in [2.45, 2.75) is 6.54 Å². The molecule has 0 unspecified atom stereocenters. The zero-order chi connectivity index (χ0) is 14.7. The van der Waals surface area contributed by atoms with Crippen LogP contribution in [0, 0.1) is 10.1 Å². The molecule has 0 aliphatic rings. The summed E-state index contributed by atoms with van der Waals surface area (Å²) in [6.07, 6.45) is 3.04. The van der Waals surface area contributed by atoms with Crippen LogP contribution in [0.4, 0.5) is 11.4 Å². The Kier molecular flexibility index (Phi) is 3.69. The summed E-state index contributed by atoms with van der Waals surface area (Å²) in [4.78, 5) is 23.1. The molecule has 0 fully saturated rings. The molecule has 7 nitrogen and oxygen atoms in total. The number of furan rings is 1. The lowest BCUT2D eigenvalue weighted by Gasteiger charge is -2.20. The van der Waals surface area contributed by atoms with Gasteiger partial charge in [0, 0.05) is 31.3 Å². The van der Waals surface area contributed by atoms with Crippen molar-refractivity contribution in [1.82, 2.24) is 0 Å². The fraction of sp³-hybridized carbons (Fsp3) is 0.154.